The van der Waals surface area contributed by atoms with Gasteiger partial charge in [0.15, 0.2) is 0 Å². The molecule has 25 heavy (non-hydrogen) atoms. The molecule has 1 aliphatic rings. The minimum absolute atomic E-state index is 0.332. The van der Waals surface area contributed by atoms with Crippen LogP contribution in [-0.4, -0.2) is 41.7 Å². The molecule has 0 spiro atoms. The van der Waals surface area contributed by atoms with E-state index in [2.05, 4.69) is 36.8 Å². The summed E-state index contributed by atoms with van der Waals surface area (Å²) >= 11 is 0. The largest absolute Gasteiger partial charge is 0.443 e. The summed E-state index contributed by atoms with van der Waals surface area (Å²) in [5.74, 6) is 0.989. The van der Waals surface area contributed by atoms with Crippen molar-refractivity contribution in [3.8, 4) is 0 Å². The molecule has 0 N–H and O–H groups in total. The zero-order valence-corrected chi connectivity index (χ0v) is 16.6. The highest BCUT2D eigenvalue weighted by Gasteiger charge is 2.26. The summed E-state index contributed by atoms with van der Waals surface area (Å²) in [7, 11) is 2.17. The zero-order valence-electron chi connectivity index (χ0n) is 16.6. The normalized spacial score (nSPS) is 19.1. The van der Waals surface area contributed by atoms with Crippen LogP contribution in [0, 0.1) is 5.92 Å². The smallest absolute Gasteiger partial charge is 0.416 e. The molecule has 0 saturated carbocycles. The van der Waals surface area contributed by atoms with E-state index in [1.165, 1.54) is 24.8 Å². The van der Waals surface area contributed by atoms with E-state index in [-0.39, 0.29) is 6.09 Å². The summed E-state index contributed by atoms with van der Waals surface area (Å²) in [4.78, 5) is 21.2. The van der Waals surface area contributed by atoms with Gasteiger partial charge in [-0.2, -0.15) is 0 Å². The van der Waals surface area contributed by atoms with E-state index in [4.69, 9.17) is 4.74 Å². The van der Waals surface area contributed by atoms with Crippen LogP contribution in [0.25, 0.3) is 0 Å². The molecule has 1 atom stereocenters. The summed E-state index contributed by atoms with van der Waals surface area (Å²) in [5.41, 5.74) is 0.705. The van der Waals surface area contributed by atoms with Crippen molar-refractivity contribution in [3.05, 3.63) is 23.9 Å². The van der Waals surface area contributed by atoms with E-state index in [0.29, 0.717) is 24.3 Å². The Kier molecular flexibility index (Phi) is 6.44. The van der Waals surface area contributed by atoms with Crippen LogP contribution in [0.15, 0.2) is 18.3 Å². The maximum absolute atomic E-state index is 12.6. The molecule has 5 nitrogen and oxygen atoms in total. The van der Waals surface area contributed by atoms with Crippen molar-refractivity contribution in [2.24, 2.45) is 5.92 Å². The first kappa shape index (κ1) is 19.7. The molecule has 1 aromatic heterocycles. The molecular formula is C20H33N3O2. The van der Waals surface area contributed by atoms with Crippen LogP contribution in [0.5, 0.6) is 0 Å². The number of rotatable bonds is 4. The number of carbonyl (C=O) groups excluding carboxylic acids is 1. The average molecular weight is 348 g/mol. The highest BCUT2D eigenvalue weighted by Crippen LogP contribution is 2.30. The third-order valence-electron chi connectivity index (χ3n) is 4.36. The number of pyridine rings is 1. The van der Waals surface area contributed by atoms with Crippen LogP contribution < -0.4 is 4.90 Å². The molecule has 0 unspecified atom stereocenters. The van der Waals surface area contributed by atoms with Crippen LogP contribution in [-0.2, 0) is 4.74 Å². The monoisotopic (exact) mass is 347 g/mol. The van der Waals surface area contributed by atoms with E-state index < -0.39 is 5.60 Å². The zero-order chi connectivity index (χ0) is 18.6. The molecule has 0 radical (unpaired) electrons. The lowest BCUT2D eigenvalue weighted by Gasteiger charge is -2.33. The number of amides is 1. The van der Waals surface area contributed by atoms with E-state index in [1.807, 2.05) is 33.0 Å². The number of likely N-dealkylation sites (tertiary alicyclic amines) is 1. The fourth-order valence-corrected chi connectivity index (χ4v) is 3.19. The van der Waals surface area contributed by atoms with Gasteiger partial charge in [-0.05, 0) is 64.8 Å². The van der Waals surface area contributed by atoms with E-state index in [0.717, 1.165) is 6.54 Å². The molecule has 0 aliphatic carbocycles. The van der Waals surface area contributed by atoms with Crippen LogP contribution in [0.1, 0.15) is 65.5 Å². The number of hydrogen-bond donors (Lipinski definition) is 0. The Bertz CT molecular complexity index is 563. The Morgan fingerprint density at radius 3 is 2.60 bits per heavy atom. The van der Waals surface area contributed by atoms with Gasteiger partial charge in [0.2, 0.25) is 0 Å². The second-order valence-electron chi connectivity index (χ2n) is 8.43. The molecular weight excluding hydrogens is 314 g/mol. The van der Waals surface area contributed by atoms with Gasteiger partial charge in [-0.1, -0.05) is 26.3 Å². The second-order valence-corrected chi connectivity index (χ2v) is 8.43. The summed E-state index contributed by atoms with van der Waals surface area (Å²) in [6, 6.07) is 4.48. The fourth-order valence-electron chi connectivity index (χ4n) is 3.19. The number of carbonyl (C=O) groups is 1. The van der Waals surface area contributed by atoms with Crippen LogP contribution in [0.4, 0.5) is 10.6 Å². The van der Waals surface area contributed by atoms with Crippen LogP contribution in [0.3, 0.4) is 0 Å². The van der Waals surface area contributed by atoms with Gasteiger partial charge in [0.05, 0.1) is 0 Å². The van der Waals surface area contributed by atoms with Gasteiger partial charge in [0.25, 0.3) is 0 Å². The number of hydrogen-bond acceptors (Lipinski definition) is 4. The van der Waals surface area contributed by atoms with Crippen molar-refractivity contribution in [3.63, 3.8) is 0 Å². The maximum atomic E-state index is 12.6. The van der Waals surface area contributed by atoms with E-state index in [9.17, 15) is 4.79 Å². The predicted molar refractivity (Wildman–Crippen MR) is 102 cm³/mol. The minimum Gasteiger partial charge on any atom is -0.443 e. The number of ether oxygens (including phenoxy) is 1. The van der Waals surface area contributed by atoms with E-state index in [1.54, 1.807) is 4.90 Å². The number of anilines is 1. The highest BCUT2D eigenvalue weighted by atomic mass is 16.6. The maximum Gasteiger partial charge on any atom is 0.416 e. The molecule has 1 aromatic rings. The third kappa shape index (κ3) is 5.70. The average Bonchev–Trinajstić information content (AvgIpc) is 2.51. The molecule has 0 bridgehead atoms. The Morgan fingerprint density at radius 2 is 2.08 bits per heavy atom. The molecule has 1 aliphatic heterocycles. The Morgan fingerprint density at radius 1 is 1.36 bits per heavy atom. The first-order chi connectivity index (χ1) is 11.7. The molecule has 1 fully saturated rings. The van der Waals surface area contributed by atoms with Gasteiger partial charge in [-0.25, -0.2) is 9.78 Å². The van der Waals surface area contributed by atoms with Crippen molar-refractivity contribution in [2.45, 2.75) is 65.5 Å². The molecule has 0 aromatic carbocycles. The Balaban J connectivity index is 2.18. The minimum atomic E-state index is -0.517. The summed E-state index contributed by atoms with van der Waals surface area (Å²) in [6.07, 6.45) is 5.27. The quantitative estimate of drug-likeness (QED) is 0.796. The Labute approximate surface area is 152 Å². The van der Waals surface area contributed by atoms with Crippen LogP contribution >= 0.6 is 0 Å². The summed E-state index contributed by atoms with van der Waals surface area (Å²) in [5, 5.41) is 0. The molecule has 5 heteroatoms. The number of nitrogens with zero attached hydrogens (tertiary/aromatic N) is 3. The molecule has 140 valence electrons. The summed E-state index contributed by atoms with van der Waals surface area (Å²) < 4.78 is 5.56. The van der Waals surface area contributed by atoms with Crippen molar-refractivity contribution < 1.29 is 9.53 Å². The van der Waals surface area contributed by atoms with Crippen molar-refractivity contribution in [2.75, 3.05) is 25.0 Å². The third-order valence-corrected chi connectivity index (χ3v) is 4.36. The molecule has 2 heterocycles. The second kappa shape index (κ2) is 8.17. The van der Waals surface area contributed by atoms with Gasteiger partial charge in [0, 0.05) is 18.8 Å². The van der Waals surface area contributed by atoms with Gasteiger partial charge in [-0.15, -0.1) is 0 Å². The molecule has 1 saturated heterocycles. The van der Waals surface area contributed by atoms with Crippen LogP contribution in [0.2, 0.25) is 0 Å². The van der Waals surface area contributed by atoms with Gasteiger partial charge < -0.3 is 4.74 Å². The lowest BCUT2D eigenvalue weighted by Crippen LogP contribution is -2.39. The molecule has 1 amide bonds. The lowest BCUT2D eigenvalue weighted by atomic mass is 9.97. The number of aromatic nitrogens is 1. The van der Waals surface area contributed by atoms with Crippen molar-refractivity contribution >= 4 is 11.9 Å². The standard InChI is InChI=1S/C20H33N3O2/c1-15(2)14-23(19(24)25-20(3,4)5)18-11-10-16(13-21-18)17-9-7-8-12-22(17)6/h10-11,13,15,17H,7-9,12,14H2,1-6H3/t17-/m0/s1. The fraction of sp³-hybridized carbons (Fsp3) is 0.700. The SMILES string of the molecule is CC(C)CN(C(=O)OC(C)(C)C)c1ccc([C@@H]2CCCCN2C)cn1. The molecule has 2 rings (SSSR count). The van der Waals surface area contributed by atoms with Crippen molar-refractivity contribution in [1.29, 1.82) is 0 Å². The lowest BCUT2D eigenvalue weighted by molar-refractivity contribution is 0.0575. The number of piperidine rings is 1. The first-order valence-electron chi connectivity index (χ1n) is 9.34. The van der Waals surface area contributed by atoms with E-state index >= 15 is 0 Å². The Hall–Kier alpha value is -1.62. The highest BCUT2D eigenvalue weighted by molar-refractivity contribution is 5.86. The van der Waals surface area contributed by atoms with Gasteiger partial charge in [0.1, 0.15) is 11.4 Å². The predicted octanol–water partition coefficient (Wildman–Crippen LogP) is 4.64. The van der Waals surface area contributed by atoms with Gasteiger partial charge in [-0.3, -0.25) is 9.80 Å². The summed E-state index contributed by atoms with van der Waals surface area (Å²) in [6.45, 7) is 11.5. The van der Waals surface area contributed by atoms with Gasteiger partial charge >= 0.3 is 6.09 Å². The van der Waals surface area contributed by atoms with Crippen molar-refractivity contribution in [1.82, 2.24) is 9.88 Å². The first-order valence-corrected chi connectivity index (χ1v) is 9.34. The topological polar surface area (TPSA) is 45.7 Å².